The number of thiazole rings is 1. The van der Waals surface area contributed by atoms with E-state index in [-0.39, 0.29) is 17.2 Å². The van der Waals surface area contributed by atoms with Crippen molar-refractivity contribution in [3.8, 4) is 10.6 Å². The summed E-state index contributed by atoms with van der Waals surface area (Å²) in [6.45, 7) is 7.36. The van der Waals surface area contributed by atoms with Crippen molar-refractivity contribution in [2.24, 2.45) is 5.92 Å². The van der Waals surface area contributed by atoms with Crippen LogP contribution in [0.15, 0.2) is 64.9 Å². The van der Waals surface area contributed by atoms with Crippen molar-refractivity contribution in [2.75, 3.05) is 13.1 Å². The summed E-state index contributed by atoms with van der Waals surface area (Å²) in [7, 11) is -3.56. The van der Waals surface area contributed by atoms with Crippen molar-refractivity contribution in [1.29, 1.82) is 0 Å². The minimum Gasteiger partial charge on any atom is -0.350 e. The van der Waals surface area contributed by atoms with Crippen LogP contribution >= 0.6 is 11.3 Å². The highest BCUT2D eigenvalue weighted by Crippen LogP contribution is 2.27. The number of amides is 1. The molecule has 0 unspecified atom stereocenters. The Kier molecular flexibility index (Phi) is 7.21. The number of nitrogens with zero attached hydrogens (tertiary/aromatic N) is 2. The average Bonchev–Trinajstić information content (AvgIpc) is 3.32. The fraction of sp³-hybridized carbons (Fsp3) is 0.385. The van der Waals surface area contributed by atoms with Gasteiger partial charge in [0, 0.05) is 30.0 Å². The molecule has 2 heterocycles. The zero-order valence-electron chi connectivity index (χ0n) is 19.8. The molecule has 1 fully saturated rings. The normalized spacial score (nSPS) is 15.9. The number of piperidine rings is 1. The van der Waals surface area contributed by atoms with Gasteiger partial charge in [-0.1, -0.05) is 63.2 Å². The molecule has 2 aromatic carbocycles. The predicted octanol–water partition coefficient (Wildman–Crippen LogP) is 4.82. The van der Waals surface area contributed by atoms with Gasteiger partial charge in [-0.05, 0) is 36.0 Å². The Morgan fingerprint density at radius 2 is 1.71 bits per heavy atom. The molecular weight excluding hydrogens is 466 g/mol. The van der Waals surface area contributed by atoms with Crippen LogP contribution in [0, 0.1) is 5.92 Å². The third kappa shape index (κ3) is 5.56. The Balaban J connectivity index is 1.30. The van der Waals surface area contributed by atoms with Crippen LogP contribution in [0.2, 0.25) is 0 Å². The van der Waals surface area contributed by atoms with Crippen molar-refractivity contribution < 1.29 is 13.2 Å². The number of hydrogen-bond donors (Lipinski definition) is 1. The van der Waals surface area contributed by atoms with E-state index in [1.807, 2.05) is 47.8 Å². The molecule has 0 atom stereocenters. The summed E-state index contributed by atoms with van der Waals surface area (Å²) in [4.78, 5) is 17.6. The first-order valence-electron chi connectivity index (χ1n) is 11.5. The summed E-state index contributed by atoms with van der Waals surface area (Å²) in [5.41, 5.74) is 2.95. The summed E-state index contributed by atoms with van der Waals surface area (Å²) in [6, 6.07) is 17.1. The van der Waals surface area contributed by atoms with Gasteiger partial charge in [0.05, 0.1) is 17.1 Å². The predicted molar refractivity (Wildman–Crippen MR) is 136 cm³/mol. The molecule has 4 rings (SSSR count). The highest BCUT2D eigenvalue weighted by molar-refractivity contribution is 7.89. The number of nitrogens with one attached hydrogen (secondary N) is 1. The molecule has 6 nitrogen and oxygen atoms in total. The molecule has 0 saturated carbocycles. The molecule has 0 spiro atoms. The largest absolute Gasteiger partial charge is 0.350 e. The SMILES string of the molecule is CC(C)(C)c1ccc(S(=O)(=O)N2CCC(C(=O)NCc3csc(-c4ccccc4)n3)CC2)cc1. The van der Waals surface area contributed by atoms with E-state index in [1.165, 1.54) is 4.31 Å². The molecule has 3 aromatic rings. The van der Waals surface area contributed by atoms with E-state index in [0.29, 0.717) is 37.4 Å². The Morgan fingerprint density at radius 1 is 1.06 bits per heavy atom. The van der Waals surface area contributed by atoms with E-state index in [1.54, 1.807) is 23.5 Å². The van der Waals surface area contributed by atoms with Crippen molar-refractivity contribution in [3.05, 3.63) is 71.2 Å². The molecule has 0 radical (unpaired) electrons. The Morgan fingerprint density at radius 3 is 2.32 bits per heavy atom. The van der Waals surface area contributed by atoms with Crippen LogP contribution in [0.4, 0.5) is 0 Å². The van der Waals surface area contributed by atoms with Crippen LogP contribution in [0.5, 0.6) is 0 Å². The summed E-state index contributed by atoms with van der Waals surface area (Å²) in [6.07, 6.45) is 1.02. The van der Waals surface area contributed by atoms with Crippen LogP contribution in [0.25, 0.3) is 10.6 Å². The van der Waals surface area contributed by atoms with Crippen molar-refractivity contribution >= 4 is 27.3 Å². The molecule has 1 amide bonds. The highest BCUT2D eigenvalue weighted by atomic mass is 32.2. The second-order valence-corrected chi connectivity index (χ2v) is 12.5. The first kappa shape index (κ1) is 24.6. The lowest BCUT2D eigenvalue weighted by atomic mass is 9.87. The summed E-state index contributed by atoms with van der Waals surface area (Å²) < 4.78 is 27.6. The van der Waals surface area contributed by atoms with Gasteiger partial charge in [0.15, 0.2) is 0 Å². The van der Waals surface area contributed by atoms with Gasteiger partial charge < -0.3 is 5.32 Å². The number of rotatable bonds is 6. The quantitative estimate of drug-likeness (QED) is 0.529. The molecule has 1 aliphatic rings. The van der Waals surface area contributed by atoms with E-state index in [4.69, 9.17) is 0 Å². The zero-order valence-corrected chi connectivity index (χ0v) is 21.5. The van der Waals surface area contributed by atoms with Crippen LogP contribution < -0.4 is 5.32 Å². The maximum absolute atomic E-state index is 13.1. The second kappa shape index (κ2) is 9.98. The minimum absolute atomic E-state index is 0.0321. The topological polar surface area (TPSA) is 79.4 Å². The number of carbonyl (C=O) groups excluding carboxylic acids is 1. The van der Waals surface area contributed by atoms with Gasteiger partial charge in [-0.25, -0.2) is 13.4 Å². The minimum atomic E-state index is -3.56. The number of carbonyl (C=O) groups is 1. The fourth-order valence-corrected chi connectivity index (χ4v) is 6.35. The smallest absolute Gasteiger partial charge is 0.243 e. The van der Waals surface area contributed by atoms with E-state index in [9.17, 15) is 13.2 Å². The molecule has 1 aromatic heterocycles. The first-order chi connectivity index (χ1) is 16.1. The van der Waals surface area contributed by atoms with Crippen LogP contribution in [0.1, 0.15) is 44.9 Å². The lowest BCUT2D eigenvalue weighted by molar-refractivity contribution is -0.126. The van der Waals surface area contributed by atoms with Gasteiger partial charge in [-0.3, -0.25) is 4.79 Å². The van der Waals surface area contributed by atoms with Gasteiger partial charge >= 0.3 is 0 Å². The monoisotopic (exact) mass is 497 g/mol. The molecular formula is C26H31N3O3S2. The zero-order chi connectivity index (χ0) is 24.3. The molecule has 1 N–H and O–H groups in total. The van der Waals surface area contributed by atoms with Crippen LogP contribution in [-0.2, 0) is 26.8 Å². The lowest BCUT2D eigenvalue weighted by Gasteiger charge is -2.30. The molecule has 1 aliphatic heterocycles. The van der Waals surface area contributed by atoms with Crippen molar-refractivity contribution in [3.63, 3.8) is 0 Å². The number of hydrogen-bond acceptors (Lipinski definition) is 5. The molecule has 0 bridgehead atoms. The van der Waals surface area contributed by atoms with Gasteiger partial charge in [0.25, 0.3) is 0 Å². The molecule has 180 valence electrons. The third-order valence-electron chi connectivity index (χ3n) is 6.20. The highest BCUT2D eigenvalue weighted by Gasteiger charge is 2.32. The first-order valence-corrected chi connectivity index (χ1v) is 13.8. The van der Waals surface area contributed by atoms with Crippen LogP contribution in [-0.4, -0.2) is 36.7 Å². The number of benzene rings is 2. The Hall–Kier alpha value is -2.55. The average molecular weight is 498 g/mol. The summed E-state index contributed by atoms with van der Waals surface area (Å²) in [5, 5.41) is 5.87. The van der Waals surface area contributed by atoms with Crippen LogP contribution in [0.3, 0.4) is 0 Å². The number of aromatic nitrogens is 1. The van der Waals surface area contributed by atoms with Gasteiger partial charge in [-0.15, -0.1) is 11.3 Å². The third-order valence-corrected chi connectivity index (χ3v) is 9.05. The van der Waals surface area contributed by atoms with E-state index >= 15 is 0 Å². The summed E-state index contributed by atoms with van der Waals surface area (Å²) in [5.74, 6) is -0.234. The molecule has 1 saturated heterocycles. The van der Waals surface area contributed by atoms with Crippen molar-refractivity contribution in [2.45, 2.75) is 50.5 Å². The Bertz CT molecular complexity index is 1220. The maximum Gasteiger partial charge on any atom is 0.243 e. The summed E-state index contributed by atoms with van der Waals surface area (Å²) >= 11 is 1.56. The standard InChI is InChI=1S/C26H31N3O3S2/c1-26(2,3)21-9-11-23(12-10-21)34(31,32)29-15-13-19(14-16-29)24(30)27-17-22-18-33-25(28-22)20-7-5-4-6-8-20/h4-12,18-19H,13-17H2,1-3H3,(H,27,30). The van der Waals surface area contributed by atoms with E-state index in [2.05, 4.69) is 31.1 Å². The fourth-order valence-electron chi connectivity index (χ4n) is 4.06. The van der Waals surface area contributed by atoms with E-state index in [0.717, 1.165) is 21.8 Å². The van der Waals surface area contributed by atoms with E-state index < -0.39 is 10.0 Å². The molecule has 34 heavy (non-hydrogen) atoms. The lowest BCUT2D eigenvalue weighted by Crippen LogP contribution is -2.42. The van der Waals surface area contributed by atoms with Gasteiger partial charge in [0.1, 0.15) is 5.01 Å². The number of sulfonamides is 1. The molecule has 0 aliphatic carbocycles. The van der Waals surface area contributed by atoms with Gasteiger partial charge in [-0.2, -0.15) is 4.31 Å². The molecule has 8 heteroatoms. The Labute approximate surface area is 206 Å². The van der Waals surface area contributed by atoms with Gasteiger partial charge in [0.2, 0.25) is 15.9 Å². The van der Waals surface area contributed by atoms with Crippen molar-refractivity contribution in [1.82, 2.24) is 14.6 Å². The second-order valence-electron chi connectivity index (χ2n) is 9.68. The maximum atomic E-state index is 13.1.